The number of hydrogen-bond acceptors (Lipinski definition) is 1. The summed E-state index contributed by atoms with van der Waals surface area (Å²) in [6.45, 7) is 0. The van der Waals surface area contributed by atoms with Crippen molar-refractivity contribution in [3.05, 3.63) is 131 Å². The van der Waals surface area contributed by atoms with Crippen molar-refractivity contribution in [1.82, 2.24) is 4.57 Å². The van der Waals surface area contributed by atoms with E-state index in [1.807, 2.05) is 0 Å². The molecule has 2 aromatic heterocycles. The Hall–Kier alpha value is -4.37. The molecule has 1 spiro atoms. The van der Waals surface area contributed by atoms with E-state index in [4.69, 9.17) is 4.74 Å². The number of fused-ring (bicyclic) bond motifs is 6. The van der Waals surface area contributed by atoms with Gasteiger partial charge in [0.15, 0.2) is 6.20 Å². The number of rotatable bonds is 0. The second-order valence-electron chi connectivity index (χ2n) is 9.55. The van der Waals surface area contributed by atoms with Crippen LogP contribution in [0, 0.1) is 0 Å². The van der Waals surface area contributed by atoms with Crippen LogP contribution in [0.2, 0.25) is 0 Å². The van der Waals surface area contributed by atoms with Gasteiger partial charge in [-0.2, -0.15) is 0 Å². The molecule has 4 aromatic carbocycles. The fraction of sp³-hybridized carbons (Fsp3) is 0.0645. The molecule has 0 fully saturated rings. The summed E-state index contributed by atoms with van der Waals surface area (Å²) in [4.78, 5) is 0. The van der Waals surface area contributed by atoms with Gasteiger partial charge in [-0.25, -0.2) is 0 Å². The molecule has 1 aliphatic carbocycles. The second kappa shape index (κ2) is 5.57. The highest BCUT2D eigenvalue weighted by atomic mass is 16.5. The summed E-state index contributed by atoms with van der Waals surface area (Å²) in [6, 6.07) is 35.2. The van der Waals surface area contributed by atoms with Crippen molar-refractivity contribution in [1.29, 1.82) is 0 Å². The molecule has 158 valence electrons. The summed E-state index contributed by atoms with van der Waals surface area (Å²) >= 11 is 0. The molecule has 6 aromatic rings. The molecule has 0 saturated carbocycles. The van der Waals surface area contributed by atoms with Crippen LogP contribution in [0.1, 0.15) is 27.8 Å². The number of nitrogens with zero attached hydrogens (tertiary/aromatic N) is 2. The molecule has 0 bridgehead atoms. The van der Waals surface area contributed by atoms with E-state index in [0.29, 0.717) is 0 Å². The maximum atomic E-state index is 6.58. The first kappa shape index (κ1) is 17.2. The summed E-state index contributed by atoms with van der Waals surface area (Å²) < 4.78 is 11.4. The normalized spacial score (nSPS) is 18.2. The smallest absolute Gasteiger partial charge is 0.374 e. The van der Waals surface area contributed by atoms with E-state index in [9.17, 15) is 0 Å². The second-order valence-corrected chi connectivity index (χ2v) is 9.55. The lowest BCUT2D eigenvalue weighted by Gasteiger charge is -2.43. The summed E-state index contributed by atoms with van der Waals surface area (Å²) in [5, 5.41) is 2.61. The molecule has 3 nitrogen and oxygen atoms in total. The fourth-order valence-corrected chi connectivity index (χ4v) is 6.95. The van der Waals surface area contributed by atoms with E-state index in [2.05, 4.69) is 112 Å². The van der Waals surface area contributed by atoms with E-state index in [1.54, 1.807) is 0 Å². The number of hydrogen-bond donors (Lipinski definition) is 0. The summed E-state index contributed by atoms with van der Waals surface area (Å²) in [7, 11) is 0. The van der Waals surface area contributed by atoms with Gasteiger partial charge in [-0.15, -0.1) is 4.57 Å². The van der Waals surface area contributed by atoms with Crippen LogP contribution in [0.5, 0.6) is 11.6 Å². The Morgan fingerprint density at radius 1 is 0.706 bits per heavy atom. The van der Waals surface area contributed by atoms with Gasteiger partial charge < -0.3 is 9.30 Å². The molecule has 3 heteroatoms. The van der Waals surface area contributed by atoms with Gasteiger partial charge in [-0.3, -0.25) is 0 Å². The van der Waals surface area contributed by atoms with Crippen LogP contribution in [0.25, 0.3) is 27.5 Å². The minimum absolute atomic E-state index is 0.477. The van der Waals surface area contributed by atoms with Gasteiger partial charge in [0.2, 0.25) is 0 Å². The third-order valence-corrected chi connectivity index (χ3v) is 8.08. The number of aromatic nitrogens is 2. The van der Waals surface area contributed by atoms with Crippen LogP contribution in [0.15, 0.2) is 103 Å². The van der Waals surface area contributed by atoms with Crippen LogP contribution in [-0.4, -0.2) is 4.57 Å². The molecule has 2 aliphatic heterocycles. The molecule has 0 N–H and O–H groups in total. The molecule has 0 saturated heterocycles. The van der Waals surface area contributed by atoms with Crippen LogP contribution in [0.4, 0.5) is 0 Å². The van der Waals surface area contributed by atoms with Crippen molar-refractivity contribution in [2.75, 3.05) is 0 Å². The van der Waals surface area contributed by atoms with Crippen molar-refractivity contribution in [2.45, 2.75) is 12.0 Å². The Morgan fingerprint density at radius 3 is 2.59 bits per heavy atom. The third kappa shape index (κ3) is 1.69. The van der Waals surface area contributed by atoms with Crippen LogP contribution in [-0.2, 0) is 12.0 Å². The monoisotopic (exact) mass is 435 g/mol. The Labute approximate surface area is 196 Å². The highest BCUT2D eigenvalue weighted by Crippen LogP contribution is 2.57. The molecule has 1 unspecified atom stereocenters. The van der Waals surface area contributed by atoms with Gasteiger partial charge in [0.05, 0.1) is 33.9 Å². The molecule has 1 atom stereocenters. The Balaban J connectivity index is 1.65. The predicted octanol–water partition coefficient (Wildman–Crippen LogP) is 6.23. The van der Waals surface area contributed by atoms with E-state index < -0.39 is 5.54 Å². The van der Waals surface area contributed by atoms with E-state index in [-0.39, 0.29) is 0 Å². The van der Waals surface area contributed by atoms with E-state index >= 15 is 0 Å². The van der Waals surface area contributed by atoms with E-state index in [0.717, 1.165) is 18.1 Å². The average Bonchev–Trinajstić information content (AvgIpc) is 3.23. The van der Waals surface area contributed by atoms with Gasteiger partial charge in [-0.1, -0.05) is 60.7 Å². The zero-order valence-electron chi connectivity index (χ0n) is 18.3. The Morgan fingerprint density at radius 2 is 1.59 bits per heavy atom. The first-order valence-electron chi connectivity index (χ1n) is 11.8. The first-order chi connectivity index (χ1) is 16.9. The first-order valence-corrected chi connectivity index (χ1v) is 11.8. The highest BCUT2D eigenvalue weighted by molar-refractivity contribution is 6.12. The highest BCUT2D eigenvalue weighted by Gasteiger charge is 2.60. The fourth-order valence-electron chi connectivity index (χ4n) is 6.95. The molecule has 4 heterocycles. The maximum Gasteiger partial charge on any atom is 0.374 e. The lowest BCUT2D eigenvalue weighted by molar-refractivity contribution is -0.741. The van der Waals surface area contributed by atoms with Crippen molar-refractivity contribution < 1.29 is 9.30 Å². The van der Waals surface area contributed by atoms with E-state index in [1.165, 1.54) is 55.3 Å². The number of para-hydroxylation sites is 1. The SMILES string of the molecule is c1ccc2c(c1)Cc1ccc3c4ccccc4n4c3c1C21c2c(cccc2-4)Oc2cccc[n+]21. The standard InChI is InChI=1S/C31H19N2O/c1-3-10-23-19(8-1)18-20-15-16-22-21-9-2-4-11-24(21)33-25-12-7-13-26-29(25)31(23,28(20)30(22)33)32-17-6-5-14-27(32)34-26/h1-17H,18H2/q+1. The van der Waals surface area contributed by atoms with Gasteiger partial charge in [0.25, 0.3) is 5.54 Å². The molecular weight excluding hydrogens is 416 g/mol. The van der Waals surface area contributed by atoms with Gasteiger partial charge in [0, 0.05) is 22.4 Å². The van der Waals surface area contributed by atoms with Gasteiger partial charge >= 0.3 is 5.88 Å². The molecule has 3 aliphatic rings. The predicted molar refractivity (Wildman–Crippen MR) is 132 cm³/mol. The minimum Gasteiger partial charge on any atom is -0.404 e. The summed E-state index contributed by atoms with van der Waals surface area (Å²) in [5.74, 6) is 1.81. The maximum absolute atomic E-state index is 6.58. The zero-order chi connectivity index (χ0) is 22.0. The number of ether oxygens (including phenoxy) is 1. The molecular formula is C31H19N2O+. The van der Waals surface area contributed by atoms with Gasteiger partial charge in [-0.05, 0) is 41.8 Å². The lowest BCUT2D eigenvalue weighted by atomic mass is 9.65. The van der Waals surface area contributed by atoms with Gasteiger partial charge in [0.1, 0.15) is 5.75 Å². The zero-order valence-corrected chi connectivity index (χ0v) is 18.3. The number of pyridine rings is 1. The quantitative estimate of drug-likeness (QED) is 0.258. The van der Waals surface area contributed by atoms with Crippen LogP contribution in [0.3, 0.4) is 0 Å². The minimum atomic E-state index is -0.477. The summed E-state index contributed by atoms with van der Waals surface area (Å²) in [6.07, 6.45) is 3.13. The Bertz CT molecular complexity index is 1840. The molecule has 9 rings (SSSR count). The third-order valence-electron chi connectivity index (χ3n) is 8.08. The van der Waals surface area contributed by atoms with Crippen molar-refractivity contribution in [3.63, 3.8) is 0 Å². The molecule has 34 heavy (non-hydrogen) atoms. The number of benzene rings is 4. The topological polar surface area (TPSA) is 18.0 Å². The lowest BCUT2D eigenvalue weighted by Crippen LogP contribution is -2.63. The van der Waals surface area contributed by atoms with Crippen LogP contribution < -0.4 is 9.30 Å². The largest absolute Gasteiger partial charge is 0.404 e. The van der Waals surface area contributed by atoms with Crippen molar-refractivity contribution >= 4 is 21.8 Å². The molecule has 0 radical (unpaired) electrons. The average molecular weight is 436 g/mol. The van der Waals surface area contributed by atoms with Crippen molar-refractivity contribution in [2.24, 2.45) is 0 Å². The van der Waals surface area contributed by atoms with Crippen molar-refractivity contribution in [3.8, 4) is 17.3 Å². The van der Waals surface area contributed by atoms with Crippen LogP contribution >= 0.6 is 0 Å². The Kier molecular flexibility index (Phi) is 2.81. The summed E-state index contributed by atoms with van der Waals surface area (Å²) in [5.41, 5.74) is 10.0. The molecule has 0 amide bonds.